The van der Waals surface area contributed by atoms with Crippen molar-refractivity contribution in [1.29, 1.82) is 0 Å². The van der Waals surface area contributed by atoms with Gasteiger partial charge in [0, 0.05) is 5.56 Å². The molecule has 0 aliphatic carbocycles. The number of hydrogen-bond acceptors (Lipinski definition) is 3. The van der Waals surface area contributed by atoms with Crippen molar-refractivity contribution < 1.29 is 14.2 Å². The molecule has 2 N–H and O–H groups in total. The van der Waals surface area contributed by atoms with Crippen LogP contribution in [0.1, 0.15) is 24.3 Å². The van der Waals surface area contributed by atoms with Crippen LogP contribution in [0.3, 0.4) is 0 Å². The first-order valence-corrected chi connectivity index (χ1v) is 5.50. The maximum atomic E-state index is 13.6. The Balaban J connectivity index is 2.30. The lowest BCUT2D eigenvalue weighted by atomic mass is 9.89. The fraction of sp³-hybridized carbons (Fsp3) is 0.500. The third-order valence-electron chi connectivity index (χ3n) is 3.11. The zero-order valence-electron chi connectivity index (χ0n) is 9.29. The fourth-order valence-corrected chi connectivity index (χ4v) is 2.18. The van der Waals surface area contributed by atoms with E-state index < -0.39 is 5.82 Å². The zero-order chi connectivity index (χ0) is 11.5. The Hall–Kier alpha value is -1.29. The molecule has 0 bridgehead atoms. The average molecular weight is 225 g/mol. The summed E-state index contributed by atoms with van der Waals surface area (Å²) in [6.45, 7) is 1.83. The number of aromatic hydroxyl groups is 1. The molecule has 1 fully saturated rings. The van der Waals surface area contributed by atoms with Crippen LogP contribution in [0.2, 0.25) is 0 Å². The van der Waals surface area contributed by atoms with E-state index in [1.807, 2.05) is 0 Å². The molecule has 1 heterocycles. The van der Waals surface area contributed by atoms with E-state index in [9.17, 15) is 9.50 Å². The first-order valence-electron chi connectivity index (χ1n) is 5.50. The Kier molecular flexibility index (Phi) is 3.29. The summed E-state index contributed by atoms with van der Waals surface area (Å²) in [7, 11) is 1.39. The summed E-state index contributed by atoms with van der Waals surface area (Å²) in [5.41, 5.74) is 0.694. The molecule has 0 aromatic heterocycles. The molecule has 4 heteroatoms. The molecule has 0 unspecified atom stereocenters. The summed E-state index contributed by atoms with van der Waals surface area (Å²) < 4.78 is 18.4. The first kappa shape index (κ1) is 11.2. The van der Waals surface area contributed by atoms with E-state index in [1.165, 1.54) is 7.11 Å². The van der Waals surface area contributed by atoms with Crippen molar-refractivity contribution in [3.8, 4) is 11.5 Å². The lowest BCUT2D eigenvalue weighted by Crippen LogP contribution is -2.26. The zero-order valence-corrected chi connectivity index (χ0v) is 9.29. The van der Waals surface area contributed by atoms with Crippen LogP contribution in [0.5, 0.6) is 11.5 Å². The van der Waals surface area contributed by atoms with Crippen molar-refractivity contribution in [1.82, 2.24) is 5.32 Å². The van der Waals surface area contributed by atoms with Crippen LogP contribution < -0.4 is 10.1 Å². The Bertz CT molecular complexity index is 376. The highest BCUT2D eigenvalue weighted by Gasteiger charge is 2.21. The number of phenolic OH excluding ortho intramolecular Hbond substituents is 1. The molecular weight excluding hydrogens is 209 g/mol. The smallest absolute Gasteiger partial charge is 0.206 e. The molecule has 0 atom stereocenters. The van der Waals surface area contributed by atoms with Gasteiger partial charge in [-0.25, -0.2) is 0 Å². The van der Waals surface area contributed by atoms with Gasteiger partial charge in [-0.15, -0.1) is 0 Å². The maximum absolute atomic E-state index is 13.6. The summed E-state index contributed by atoms with van der Waals surface area (Å²) in [5, 5.41) is 13.0. The molecule has 88 valence electrons. The van der Waals surface area contributed by atoms with Crippen LogP contribution in [0.15, 0.2) is 12.1 Å². The van der Waals surface area contributed by atoms with Gasteiger partial charge in [0.05, 0.1) is 7.11 Å². The highest BCUT2D eigenvalue weighted by Crippen LogP contribution is 2.37. The van der Waals surface area contributed by atoms with E-state index in [4.69, 9.17) is 4.74 Å². The highest BCUT2D eigenvalue weighted by atomic mass is 19.1. The SMILES string of the molecule is COc1ccc(C2CCNCC2)c(O)c1F. The third kappa shape index (κ3) is 1.97. The van der Waals surface area contributed by atoms with Crippen molar-refractivity contribution >= 4 is 0 Å². The van der Waals surface area contributed by atoms with E-state index in [0.29, 0.717) is 5.56 Å². The number of ether oxygens (including phenoxy) is 1. The molecule has 0 amide bonds. The van der Waals surface area contributed by atoms with Gasteiger partial charge in [0.2, 0.25) is 5.82 Å². The number of halogens is 1. The van der Waals surface area contributed by atoms with Gasteiger partial charge in [0.1, 0.15) is 0 Å². The normalized spacial score (nSPS) is 17.4. The number of benzene rings is 1. The second-order valence-electron chi connectivity index (χ2n) is 4.04. The molecule has 1 aromatic rings. The summed E-state index contributed by atoms with van der Waals surface area (Å²) in [6, 6.07) is 3.33. The molecule has 0 saturated carbocycles. The molecule has 0 radical (unpaired) electrons. The molecule has 1 aromatic carbocycles. The minimum absolute atomic E-state index is 0.0928. The fourth-order valence-electron chi connectivity index (χ4n) is 2.18. The number of methoxy groups -OCH3 is 1. The van der Waals surface area contributed by atoms with Gasteiger partial charge in [-0.3, -0.25) is 0 Å². The summed E-state index contributed by atoms with van der Waals surface area (Å²) in [6.07, 6.45) is 1.86. The van der Waals surface area contributed by atoms with E-state index in [1.54, 1.807) is 12.1 Å². The monoisotopic (exact) mass is 225 g/mol. The molecule has 0 spiro atoms. The predicted octanol–water partition coefficient (Wildman–Crippen LogP) is 2.01. The Morgan fingerprint density at radius 1 is 1.38 bits per heavy atom. The van der Waals surface area contributed by atoms with E-state index in [-0.39, 0.29) is 17.4 Å². The molecule has 3 nitrogen and oxygen atoms in total. The Morgan fingerprint density at radius 3 is 2.69 bits per heavy atom. The maximum Gasteiger partial charge on any atom is 0.206 e. The van der Waals surface area contributed by atoms with Crippen molar-refractivity contribution in [3.05, 3.63) is 23.5 Å². The summed E-state index contributed by atoms with van der Waals surface area (Å²) in [4.78, 5) is 0. The van der Waals surface area contributed by atoms with Crippen molar-refractivity contribution in [3.63, 3.8) is 0 Å². The quantitative estimate of drug-likeness (QED) is 0.809. The predicted molar refractivity (Wildman–Crippen MR) is 59.5 cm³/mol. The third-order valence-corrected chi connectivity index (χ3v) is 3.11. The van der Waals surface area contributed by atoms with Gasteiger partial charge in [0.25, 0.3) is 0 Å². The number of phenols is 1. The van der Waals surface area contributed by atoms with Crippen molar-refractivity contribution in [2.75, 3.05) is 20.2 Å². The van der Waals surface area contributed by atoms with E-state index in [2.05, 4.69) is 5.32 Å². The Labute approximate surface area is 94.2 Å². The number of piperidine rings is 1. The second-order valence-corrected chi connectivity index (χ2v) is 4.04. The number of hydrogen-bond donors (Lipinski definition) is 2. The summed E-state index contributed by atoms with van der Waals surface area (Å²) >= 11 is 0. The van der Waals surface area contributed by atoms with Crippen LogP contribution in [-0.4, -0.2) is 25.3 Å². The first-order chi connectivity index (χ1) is 7.74. The van der Waals surface area contributed by atoms with Gasteiger partial charge in [-0.2, -0.15) is 4.39 Å². The van der Waals surface area contributed by atoms with Crippen LogP contribution in [-0.2, 0) is 0 Å². The van der Waals surface area contributed by atoms with Crippen LogP contribution in [0, 0.1) is 5.82 Å². The van der Waals surface area contributed by atoms with Crippen LogP contribution in [0.4, 0.5) is 4.39 Å². The van der Waals surface area contributed by atoms with Crippen LogP contribution in [0.25, 0.3) is 0 Å². The molecular formula is C12H16FNO2. The van der Waals surface area contributed by atoms with Crippen molar-refractivity contribution in [2.24, 2.45) is 0 Å². The molecule has 2 rings (SSSR count). The van der Waals surface area contributed by atoms with E-state index in [0.717, 1.165) is 25.9 Å². The Morgan fingerprint density at radius 2 is 2.06 bits per heavy atom. The highest BCUT2D eigenvalue weighted by molar-refractivity contribution is 5.43. The van der Waals surface area contributed by atoms with Gasteiger partial charge >= 0.3 is 0 Å². The minimum atomic E-state index is -0.654. The van der Waals surface area contributed by atoms with Crippen molar-refractivity contribution in [2.45, 2.75) is 18.8 Å². The van der Waals surface area contributed by atoms with Gasteiger partial charge in [-0.1, -0.05) is 6.07 Å². The molecule has 1 saturated heterocycles. The lowest BCUT2D eigenvalue weighted by Gasteiger charge is -2.24. The average Bonchev–Trinajstić information content (AvgIpc) is 2.34. The largest absolute Gasteiger partial charge is 0.505 e. The molecule has 16 heavy (non-hydrogen) atoms. The van der Waals surface area contributed by atoms with Gasteiger partial charge in [-0.05, 0) is 37.9 Å². The van der Waals surface area contributed by atoms with Crippen LogP contribution >= 0.6 is 0 Å². The minimum Gasteiger partial charge on any atom is -0.505 e. The van der Waals surface area contributed by atoms with Gasteiger partial charge in [0.15, 0.2) is 11.5 Å². The lowest BCUT2D eigenvalue weighted by molar-refractivity contribution is 0.356. The molecule has 1 aliphatic rings. The topological polar surface area (TPSA) is 41.5 Å². The second kappa shape index (κ2) is 4.70. The van der Waals surface area contributed by atoms with Gasteiger partial charge < -0.3 is 15.2 Å². The number of rotatable bonds is 2. The molecule has 1 aliphatic heterocycles. The summed E-state index contributed by atoms with van der Waals surface area (Å²) in [5.74, 6) is -0.582. The van der Waals surface area contributed by atoms with E-state index >= 15 is 0 Å². The number of nitrogens with one attached hydrogen (secondary N) is 1. The standard InChI is InChI=1S/C12H16FNO2/c1-16-10-3-2-9(12(15)11(10)13)8-4-6-14-7-5-8/h2-3,8,14-15H,4-7H2,1H3.